The van der Waals surface area contributed by atoms with Gasteiger partial charge in [-0.05, 0) is 11.1 Å². The fourth-order valence-electron chi connectivity index (χ4n) is 3.92. The van der Waals surface area contributed by atoms with Gasteiger partial charge in [0.2, 0.25) is 0 Å². The molecule has 0 aromatic heterocycles. The maximum Gasteiger partial charge on any atom is 2.00 e. The SMILES string of the molecule is [Cl-].[Cl-].[Cu+2].c1ccc(C2CN3CCSC3=N2)cc1.c1ccc(C2CN3CCSC3=N2)cc1. The summed E-state index contributed by atoms with van der Waals surface area (Å²) in [4.78, 5) is 14.2. The van der Waals surface area contributed by atoms with Crippen molar-refractivity contribution < 1.29 is 41.9 Å². The first kappa shape index (κ1) is 26.4. The number of rotatable bonds is 2. The number of amidine groups is 2. The van der Waals surface area contributed by atoms with E-state index in [0.717, 1.165) is 13.1 Å². The molecule has 2 saturated heterocycles. The van der Waals surface area contributed by atoms with E-state index in [1.807, 2.05) is 23.5 Å². The number of aliphatic imine (C=N–C) groups is 2. The first-order valence-corrected chi connectivity index (χ1v) is 11.8. The molecule has 0 spiro atoms. The van der Waals surface area contributed by atoms with Gasteiger partial charge in [0.1, 0.15) is 0 Å². The van der Waals surface area contributed by atoms with E-state index in [-0.39, 0.29) is 41.9 Å². The molecule has 4 aliphatic rings. The van der Waals surface area contributed by atoms with Gasteiger partial charge in [-0.1, -0.05) is 84.2 Å². The van der Waals surface area contributed by atoms with Crippen LogP contribution in [0.15, 0.2) is 70.6 Å². The zero-order valence-corrected chi connectivity index (χ0v) is 20.9. The maximum absolute atomic E-state index is 4.73. The summed E-state index contributed by atoms with van der Waals surface area (Å²) in [6, 6.07) is 21.9. The molecule has 2 aromatic rings. The van der Waals surface area contributed by atoms with Gasteiger partial charge >= 0.3 is 17.1 Å². The molecule has 2 aromatic carbocycles. The molecule has 0 amide bonds. The second-order valence-corrected chi connectivity index (χ2v) is 9.39. The van der Waals surface area contributed by atoms with Gasteiger partial charge in [0.15, 0.2) is 10.3 Å². The second-order valence-electron chi connectivity index (χ2n) is 7.27. The van der Waals surface area contributed by atoms with E-state index >= 15 is 0 Å². The van der Waals surface area contributed by atoms with Crippen LogP contribution in [-0.4, -0.2) is 57.8 Å². The largest absolute Gasteiger partial charge is 2.00 e. The number of nitrogens with zero attached hydrogens (tertiary/aromatic N) is 4. The van der Waals surface area contributed by atoms with Crippen molar-refractivity contribution in [3.8, 4) is 0 Å². The van der Waals surface area contributed by atoms with Crippen LogP contribution in [0.5, 0.6) is 0 Å². The minimum absolute atomic E-state index is 0. The molecule has 9 heteroatoms. The Hall–Kier alpha value is -0.821. The van der Waals surface area contributed by atoms with Crippen LogP contribution in [0.3, 0.4) is 0 Å². The van der Waals surface area contributed by atoms with Gasteiger partial charge in [-0.25, -0.2) is 0 Å². The molecule has 2 fully saturated rings. The molecule has 1 radical (unpaired) electrons. The van der Waals surface area contributed by atoms with Crippen molar-refractivity contribution in [3.05, 3.63) is 71.8 Å². The van der Waals surface area contributed by atoms with Crippen LogP contribution in [0.25, 0.3) is 0 Å². The third-order valence-electron chi connectivity index (χ3n) is 5.41. The van der Waals surface area contributed by atoms with E-state index in [4.69, 9.17) is 9.98 Å². The Balaban J connectivity index is 0.000000201. The van der Waals surface area contributed by atoms with Crippen molar-refractivity contribution in [2.24, 2.45) is 9.98 Å². The Labute approximate surface area is 216 Å². The summed E-state index contributed by atoms with van der Waals surface area (Å²) in [5.41, 5.74) is 2.69. The number of halogens is 2. The molecule has 0 bridgehead atoms. The standard InChI is InChI=1S/2C11H12N2S.2ClH.Cu/c2*1-2-4-9(5-3-1)10-8-13-6-7-14-11(13)12-10;;;/h2*1-5,10H,6-8H2;2*1H;/q;;;;+2/p-2. The molecule has 2 atom stereocenters. The van der Waals surface area contributed by atoms with Crippen LogP contribution >= 0.6 is 23.5 Å². The van der Waals surface area contributed by atoms with Gasteiger partial charge in [-0.3, -0.25) is 9.98 Å². The fourth-order valence-corrected chi connectivity index (χ4v) is 6.01. The van der Waals surface area contributed by atoms with Crippen molar-refractivity contribution in [1.29, 1.82) is 0 Å². The van der Waals surface area contributed by atoms with Crippen molar-refractivity contribution in [2.45, 2.75) is 12.1 Å². The van der Waals surface area contributed by atoms with E-state index < -0.39 is 0 Å². The zero-order valence-electron chi connectivity index (χ0n) is 16.8. The number of thioether (sulfide) groups is 2. The first-order valence-electron chi connectivity index (χ1n) is 9.88. The van der Waals surface area contributed by atoms with Crippen molar-refractivity contribution >= 4 is 33.9 Å². The summed E-state index contributed by atoms with van der Waals surface area (Å²) in [6.45, 7) is 4.50. The third kappa shape index (κ3) is 6.15. The molecule has 2 unspecified atom stereocenters. The average molecular weight is 543 g/mol. The van der Waals surface area contributed by atoms with Crippen molar-refractivity contribution in [1.82, 2.24) is 9.80 Å². The average Bonchev–Trinajstić information content (AvgIpc) is 3.50. The Morgan fingerprint density at radius 1 is 0.645 bits per heavy atom. The monoisotopic (exact) mass is 541 g/mol. The molecule has 0 aliphatic carbocycles. The van der Waals surface area contributed by atoms with Crippen molar-refractivity contribution in [3.63, 3.8) is 0 Å². The molecule has 0 N–H and O–H groups in total. The number of hydrogen-bond donors (Lipinski definition) is 0. The minimum atomic E-state index is 0. The topological polar surface area (TPSA) is 31.2 Å². The van der Waals surface area contributed by atoms with Crippen LogP contribution in [-0.2, 0) is 17.1 Å². The summed E-state index contributed by atoms with van der Waals surface area (Å²) in [6.07, 6.45) is 0. The molecule has 31 heavy (non-hydrogen) atoms. The van der Waals surface area contributed by atoms with Gasteiger partial charge in [0.25, 0.3) is 0 Å². The van der Waals surface area contributed by atoms with Gasteiger partial charge in [-0.15, -0.1) is 0 Å². The van der Waals surface area contributed by atoms with Crippen LogP contribution in [0.4, 0.5) is 0 Å². The molecule has 169 valence electrons. The van der Waals surface area contributed by atoms with E-state index in [0.29, 0.717) is 12.1 Å². The summed E-state index contributed by atoms with van der Waals surface area (Å²) in [5, 5.41) is 2.50. The summed E-state index contributed by atoms with van der Waals surface area (Å²) in [7, 11) is 0. The van der Waals surface area contributed by atoms with Gasteiger partial charge < -0.3 is 34.6 Å². The third-order valence-corrected chi connectivity index (χ3v) is 7.43. The summed E-state index contributed by atoms with van der Waals surface area (Å²) < 4.78 is 0. The Bertz CT molecular complexity index is 812. The molecule has 6 rings (SSSR count). The molecule has 4 aliphatic heterocycles. The molecule has 0 saturated carbocycles. The Kier molecular flexibility index (Phi) is 10.6. The zero-order chi connectivity index (χ0) is 18.8. The molecule has 4 nitrogen and oxygen atoms in total. The van der Waals surface area contributed by atoms with E-state index in [9.17, 15) is 0 Å². The normalized spacial score (nSPS) is 22.6. The second kappa shape index (κ2) is 12.4. The Morgan fingerprint density at radius 2 is 1.03 bits per heavy atom. The predicted octanol–water partition coefficient (Wildman–Crippen LogP) is -1.70. The molecule has 4 heterocycles. The van der Waals surface area contributed by atoms with E-state index in [1.165, 1.54) is 46.1 Å². The van der Waals surface area contributed by atoms with E-state index in [1.54, 1.807) is 0 Å². The number of fused-ring (bicyclic) bond motifs is 2. The predicted molar refractivity (Wildman–Crippen MR) is 121 cm³/mol. The van der Waals surface area contributed by atoms with Gasteiger partial charge in [-0.2, -0.15) is 0 Å². The van der Waals surface area contributed by atoms with E-state index in [2.05, 4.69) is 70.5 Å². The summed E-state index contributed by atoms with van der Waals surface area (Å²) in [5.74, 6) is 2.42. The molecular weight excluding hydrogens is 519 g/mol. The van der Waals surface area contributed by atoms with Gasteiger partial charge in [0.05, 0.1) is 12.1 Å². The van der Waals surface area contributed by atoms with Crippen LogP contribution in [0.2, 0.25) is 0 Å². The van der Waals surface area contributed by atoms with Crippen LogP contribution < -0.4 is 24.8 Å². The number of hydrogen-bond acceptors (Lipinski definition) is 6. The smallest absolute Gasteiger partial charge is 1.00 e. The number of benzene rings is 2. The fraction of sp³-hybridized carbons (Fsp3) is 0.364. The first-order chi connectivity index (χ1) is 13.9. The molecular formula is C22H24Cl2CuN4S2. The maximum atomic E-state index is 4.73. The van der Waals surface area contributed by atoms with Crippen molar-refractivity contribution in [2.75, 3.05) is 37.7 Å². The van der Waals surface area contributed by atoms with Crippen LogP contribution in [0.1, 0.15) is 23.2 Å². The summed E-state index contributed by atoms with van der Waals surface area (Å²) >= 11 is 3.77. The van der Waals surface area contributed by atoms with Crippen LogP contribution in [0, 0.1) is 0 Å². The minimum Gasteiger partial charge on any atom is -1.00 e. The van der Waals surface area contributed by atoms with Gasteiger partial charge in [0, 0.05) is 37.7 Å². The quantitative estimate of drug-likeness (QED) is 0.424. The Morgan fingerprint density at radius 3 is 1.39 bits per heavy atom.